The summed E-state index contributed by atoms with van der Waals surface area (Å²) in [5.41, 5.74) is 0.821. The van der Waals surface area contributed by atoms with Gasteiger partial charge in [0.05, 0.1) is 5.69 Å². The second-order valence-electron chi connectivity index (χ2n) is 4.05. The normalized spacial score (nSPS) is 17.5. The van der Waals surface area contributed by atoms with Crippen molar-refractivity contribution in [2.75, 3.05) is 0 Å². The smallest absolute Gasteiger partial charge is 0.315 e. The lowest BCUT2D eigenvalue weighted by atomic mass is 10.0. The molecule has 0 radical (unpaired) electrons. The number of aromatic nitrogens is 2. The van der Waals surface area contributed by atoms with Crippen LogP contribution in [0.4, 0.5) is 0 Å². The van der Waals surface area contributed by atoms with Crippen molar-refractivity contribution in [1.29, 1.82) is 0 Å². The van der Waals surface area contributed by atoms with E-state index in [0.717, 1.165) is 17.9 Å². The van der Waals surface area contributed by atoms with Gasteiger partial charge in [-0.15, -0.1) is 0 Å². The Balaban J connectivity index is 2.44. The molecule has 1 fully saturated rings. The first-order valence-electron chi connectivity index (χ1n) is 5.17. The third-order valence-corrected chi connectivity index (χ3v) is 2.87. The van der Waals surface area contributed by atoms with E-state index in [1.54, 1.807) is 6.07 Å². The molecule has 1 aliphatic rings. The van der Waals surface area contributed by atoms with Gasteiger partial charge >= 0.3 is 5.97 Å². The van der Waals surface area contributed by atoms with Crippen LogP contribution in [0.1, 0.15) is 37.0 Å². The maximum Gasteiger partial charge on any atom is 0.315 e. The molecule has 80 valence electrons. The minimum Gasteiger partial charge on any atom is -0.481 e. The van der Waals surface area contributed by atoms with Crippen molar-refractivity contribution in [2.45, 2.75) is 38.5 Å². The molecule has 0 spiro atoms. The predicted octanol–water partition coefficient (Wildman–Crippen LogP) is 1.46. The first kappa shape index (κ1) is 10.1. The highest BCUT2D eigenvalue weighted by Gasteiger charge is 2.53. The molecule has 0 saturated heterocycles. The lowest BCUT2D eigenvalue weighted by Crippen LogP contribution is -2.22. The summed E-state index contributed by atoms with van der Waals surface area (Å²) in [5.74, 6) is -0.0276. The van der Waals surface area contributed by atoms with Gasteiger partial charge in [0, 0.05) is 12.1 Å². The average Bonchev–Trinajstić information content (AvgIpc) is 2.97. The fourth-order valence-corrected chi connectivity index (χ4v) is 1.74. The van der Waals surface area contributed by atoms with Gasteiger partial charge in [0.2, 0.25) is 0 Å². The summed E-state index contributed by atoms with van der Waals surface area (Å²) in [5, 5.41) is 9.15. The van der Waals surface area contributed by atoms with Crippen LogP contribution in [-0.2, 0) is 16.6 Å². The average molecular weight is 206 g/mol. The van der Waals surface area contributed by atoms with E-state index in [4.69, 9.17) is 5.11 Å². The van der Waals surface area contributed by atoms with Crippen LogP contribution in [0.15, 0.2) is 6.07 Å². The Labute approximate surface area is 88.4 Å². The summed E-state index contributed by atoms with van der Waals surface area (Å²) in [4.78, 5) is 19.7. The number of aliphatic carboxylic acids is 1. The number of hydrogen-bond donors (Lipinski definition) is 1. The Morgan fingerprint density at radius 3 is 2.67 bits per heavy atom. The van der Waals surface area contributed by atoms with Gasteiger partial charge in [-0.1, -0.05) is 6.92 Å². The summed E-state index contributed by atoms with van der Waals surface area (Å²) < 4.78 is 0. The van der Waals surface area contributed by atoms with Gasteiger partial charge in [0.15, 0.2) is 0 Å². The highest BCUT2D eigenvalue weighted by atomic mass is 16.4. The highest BCUT2D eigenvalue weighted by Crippen LogP contribution is 2.47. The van der Waals surface area contributed by atoms with Gasteiger partial charge in [-0.2, -0.15) is 0 Å². The number of aryl methyl sites for hydroxylation is 2. The van der Waals surface area contributed by atoms with Crippen molar-refractivity contribution < 1.29 is 9.90 Å². The largest absolute Gasteiger partial charge is 0.481 e. The van der Waals surface area contributed by atoms with Crippen LogP contribution in [0.5, 0.6) is 0 Å². The maximum absolute atomic E-state index is 11.1. The molecule has 1 N–H and O–H groups in total. The zero-order valence-electron chi connectivity index (χ0n) is 8.95. The molecule has 15 heavy (non-hydrogen) atoms. The molecule has 1 aromatic rings. The number of nitrogens with zero attached hydrogens (tertiary/aromatic N) is 2. The molecule has 0 atom stereocenters. The number of rotatable bonds is 3. The molecule has 1 saturated carbocycles. The second-order valence-corrected chi connectivity index (χ2v) is 4.05. The molecule has 0 unspecified atom stereocenters. The number of carboxylic acid groups (broad SMARTS) is 1. The molecule has 0 bridgehead atoms. The SMILES string of the molecule is CCc1nc(C)cc(C2(C(=O)O)CC2)n1. The molecular formula is C11H14N2O2. The van der Waals surface area contributed by atoms with Crippen LogP contribution in [0, 0.1) is 6.92 Å². The number of hydrogen-bond acceptors (Lipinski definition) is 3. The third kappa shape index (κ3) is 1.60. The lowest BCUT2D eigenvalue weighted by Gasteiger charge is -2.10. The molecule has 0 aliphatic heterocycles. The quantitative estimate of drug-likeness (QED) is 0.813. The van der Waals surface area contributed by atoms with Crippen LogP contribution >= 0.6 is 0 Å². The summed E-state index contributed by atoms with van der Waals surface area (Å²) in [6, 6.07) is 1.79. The Morgan fingerprint density at radius 2 is 2.20 bits per heavy atom. The van der Waals surface area contributed by atoms with Crippen molar-refractivity contribution in [2.24, 2.45) is 0 Å². The fourth-order valence-electron chi connectivity index (χ4n) is 1.74. The van der Waals surface area contributed by atoms with Crippen LogP contribution in [-0.4, -0.2) is 21.0 Å². The van der Waals surface area contributed by atoms with Crippen LogP contribution in [0.3, 0.4) is 0 Å². The van der Waals surface area contributed by atoms with E-state index in [2.05, 4.69) is 9.97 Å². The van der Waals surface area contributed by atoms with Gasteiger partial charge in [-0.25, -0.2) is 9.97 Å². The summed E-state index contributed by atoms with van der Waals surface area (Å²) in [7, 11) is 0. The van der Waals surface area contributed by atoms with E-state index in [1.165, 1.54) is 0 Å². The van der Waals surface area contributed by atoms with E-state index in [0.29, 0.717) is 18.5 Å². The zero-order valence-corrected chi connectivity index (χ0v) is 8.95. The Hall–Kier alpha value is -1.45. The molecule has 0 aromatic carbocycles. The van der Waals surface area contributed by atoms with Crippen LogP contribution < -0.4 is 0 Å². The van der Waals surface area contributed by atoms with Crippen molar-refractivity contribution in [1.82, 2.24) is 9.97 Å². The first-order chi connectivity index (χ1) is 7.08. The van der Waals surface area contributed by atoms with Crippen molar-refractivity contribution in [3.63, 3.8) is 0 Å². The molecule has 4 heteroatoms. The molecular weight excluding hydrogens is 192 g/mol. The first-order valence-corrected chi connectivity index (χ1v) is 5.17. The fraction of sp³-hybridized carbons (Fsp3) is 0.545. The van der Waals surface area contributed by atoms with Crippen LogP contribution in [0.2, 0.25) is 0 Å². The summed E-state index contributed by atoms with van der Waals surface area (Å²) in [6.07, 6.45) is 2.13. The zero-order chi connectivity index (χ0) is 11.1. The molecule has 0 amide bonds. The Morgan fingerprint density at radius 1 is 1.53 bits per heavy atom. The number of carboxylic acids is 1. The molecule has 1 aliphatic carbocycles. The van der Waals surface area contributed by atoms with Crippen molar-refractivity contribution in [3.8, 4) is 0 Å². The minimum atomic E-state index is -0.761. The van der Waals surface area contributed by atoms with Gasteiger partial charge in [-0.3, -0.25) is 4.79 Å². The topological polar surface area (TPSA) is 63.1 Å². The van der Waals surface area contributed by atoms with Gasteiger partial charge in [0.25, 0.3) is 0 Å². The predicted molar refractivity (Wildman–Crippen MR) is 54.7 cm³/mol. The molecule has 1 heterocycles. The van der Waals surface area contributed by atoms with Crippen LogP contribution in [0.25, 0.3) is 0 Å². The second kappa shape index (κ2) is 3.29. The monoisotopic (exact) mass is 206 g/mol. The molecule has 2 rings (SSSR count). The van der Waals surface area contributed by atoms with Gasteiger partial charge in [-0.05, 0) is 25.8 Å². The van der Waals surface area contributed by atoms with Gasteiger partial charge in [0.1, 0.15) is 11.2 Å². The van der Waals surface area contributed by atoms with E-state index in [1.807, 2.05) is 13.8 Å². The van der Waals surface area contributed by atoms with Crippen molar-refractivity contribution >= 4 is 5.97 Å². The lowest BCUT2D eigenvalue weighted by molar-refractivity contribution is -0.140. The maximum atomic E-state index is 11.1. The summed E-state index contributed by atoms with van der Waals surface area (Å²) in [6.45, 7) is 3.85. The van der Waals surface area contributed by atoms with Crippen molar-refractivity contribution in [3.05, 3.63) is 23.3 Å². The van der Waals surface area contributed by atoms with E-state index >= 15 is 0 Å². The standard InChI is InChI=1S/C11H14N2O2/c1-3-9-12-7(2)6-8(13-9)11(4-5-11)10(14)15/h6H,3-5H2,1-2H3,(H,14,15). The minimum absolute atomic E-state index is 0.680. The van der Waals surface area contributed by atoms with E-state index in [-0.39, 0.29) is 0 Å². The molecule has 4 nitrogen and oxygen atoms in total. The summed E-state index contributed by atoms with van der Waals surface area (Å²) >= 11 is 0. The third-order valence-electron chi connectivity index (χ3n) is 2.87. The Kier molecular flexibility index (Phi) is 2.21. The van der Waals surface area contributed by atoms with Gasteiger partial charge < -0.3 is 5.11 Å². The van der Waals surface area contributed by atoms with E-state index < -0.39 is 11.4 Å². The van der Waals surface area contributed by atoms with E-state index in [9.17, 15) is 4.79 Å². The molecule has 1 aromatic heterocycles. The Bertz CT molecular complexity index is 411. The highest BCUT2D eigenvalue weighted by molar-refractivity contribution is 5.84. The number of carbonyl (C=O) groups is 1.